The first-order valence-corrected chi connectivity index (χ1v) is 5.33. The van der Waals surface area contributed by atoms with Gasteiger partial charge in [-0.1, -0.05) is 6.92 Å². The van der Waals surface area contributed by atoms with Crippen LogP contribution in [0.5, 0.6) is 0 Å². The number of hydrogen-bond acceptors (Lipinski definition) is 3. The van der Waals surface area contributed by atoms with Crippen molar-refractivity contribution in [2.24, 2.45) is 5.92 Å². The number of likely N-dealkylation sites (N-methyl/N-ethyl adjacent to an activating group) is 1. The number of amides is 1. The van der Waals surface area contributed by atoms with Crippen LogP contribution < -0.4 is 10.6 Å². The van der Waals surface area contributed by atoms with Gasteiger partial charge in [0, 0.05) is 19.1 Å². The quantitative estimate of drug-likeness (QED) is 0.663. The van der Waals surface area contributed by atoms with Crippen LogP contribution in [-0.2, 0) is 9.53 Å². The lowest BCUT2D eigenvalue weighted by Crippen LogP contribution is -2.37. The molecule has 1 fully saturated rings. The molecule has 4 heteroatoms. The molecule has 1 saturated heterocycles. The van der Waals surface area contributed by atoms with E-state index in [1.807, 2.05) is 6.92 Å². The smallest absolute Gasteiger partial charge is 0.233 e. The Morgan fingerprint density at radius 2 is 2.36 bits per heavy atom. The maximum absolute atomic E-state index is 11.3. The second-order valence-corrected chi connectivity index (χ2v) is 3.71. The molecule has 4 nitrogen and oxygen atoms in total. The minimum Gasteiger partial charge on any atom is -0.378 e. The molecule has 1 aliphatic rings. The highest BCUT2D eigenvalue weighted by Crippen LogP contribution is 2.18. The van der Waals surface area contributed by atoms with Gasteiger partial charge in [0.1, 0.15) is 0 Å². The molecule has 2 atom stereocenters. The standard InChI is InChI=1S/C10H20N2O2/c1-3-11-7-10(13)12-6-9-4-5-14-8(9)2/h8-9,11H,3-7H2,1-2H3,(H,12,13). The van der Waals surface area contributed by atoms with Gasteiger partial charge in [0.05, 0.1) is 12.6 Å². The molecule has 2 N–H and O–H groups in total. The van der Waals surface area contributed by atoms with Crippen molar-refractivity contribution < 1.29 is 9.53 Å². The van der Waals surface area contributed by atoms with Crippen LogP contribution in [-0.4, -0.2) is 38.3 Å². The average Bonchev–Trinajstić information content (AvgIpc) is 2.58. The van der Waals surface area contributed by atoms with Gasteiger partial charge in [-0.15, -0.1) is 0 Å². The highest BCUT2D eigenvalue weighted by molar-refractivity contribution is 5.77. The van der Waals surface area contributed by atoms with E-state index in [4.69, 9.17) is 4.74 Å². The Morgan fingerprint density at radius 1 is 1.57 bits per heavy atom. The van der Waals surface area contributed by atoms with Crippen LogP contribution in [0.4, 0.5) is 0 Å². The third kappa shape index (κ3) is 3.64. The third-order valence-corrected chi connectivity index (χ3v) is 2.63. The van der Waals surface area contributed by atoms with Crippen molar-refractivity contribution >= 4 is 5.91 Å². The molecule has 1 rings (SSSR count). The van der Waals surface area contributed by atoms with Crippen molar-refractivity contribution in [3.05, 3.63) is 0 Å². The molecular formula is C10H20N2O2. The summed E-state index contributed by atoms with van der Waals surface area (Å²) in [5.41, 5.74) is 0. The van der Waals surface area contributed by atoms with E-state index in [2.05, 4.69) is 17.6 Å². The SMILES string of the molecule is CCNCC(=O)NCC1CCOC1C. The Labute approximate surface area is 85.4 Å². The molecule has 1 aliphatic heterocycles. The number of hydrogen-bond donors (Lipinski definition) is 2. The third-order valence-electron chi connectivity index (χ3n) is 2.63. The van der Waals surface area contributed by atoms with Gasteiger partial charge in [-0.05, 0) is 19.9 Å². The summed E-state index contributed by atoms with van der Waals surface area (Å²) in [6.45, 7) is 6.86. The second-order valence-electron chi connectivity index (χ2n) is 3.71. The minimum absolute atomic E-state index is 0.0750. The summed E-state index contributed by atoms with van der Waals surface area (Å²) in [5.74, 6) is 0.562. The number of carbonyl (C=O) groups excluding carboxylic acids is 1. The molecular weight excluding hydrogens is 180 g/mol. The van der Waals surface area contributed by atoms with E-state index in [0.717, 1.165) is 26.1 Å². The molecule has 0 spiro atoms. The van der Waals surface area contributed by atoms with Gasteiger partial charge in [-0.2, -0.15) is 0 Å². The summed E-state index contributed by atoms with van der Waals surface area (Å²) in [6.07, 6.45) is 1.34. The van der Waals surface area contributed by atoms with Crippen LogP contribution in [0.1, 0.15) is 20.3 Å². The Bertz CT molecular complexity index is 185. The molecule has 14 heavy (non-hydrogen) atoms. The first-order valence-electron chi connectivity index (χ1n) is 5.33. The van der Waals surface area contributed by atoms with E-state index >= 15 is 0 Å². The molecule has 0 aromatic carbocycles. The Balaban J connectivity index is 2.10. The molecule has 0 aromatic heterocycles. The molecule has 82 valence electrons. The van der Waals surface area contributed by atoms with Crippen LogP contribution in [0.2, 0.25) is 0 Å². The highest BCUT2D eigenvalue weighted by Gasteiger charge is 2.24. The van der Waals surface area contributed by atoms with Crippen molar-refractivity contribution in [1.82, 2.24) is 10.6 Å². The summed E-state index contributed by atoms with van der Waals surface area (Å²) in [7, 11) is 0. The fourth-order valence-corrected chi connectivity index (χ4v) is 1.59. The lowest BCUT2D eigenvalue weighted by Gasteiger charge is -2.14. The Hall–Kier alpha value is -0.610. The van der Waals surface area contributed by atoms with E-state index in [0.29, 0.717) is 12.5 Å². The maximum Gasteiger partial charge on any atom is 0.233 e. The molecule has 0 aromatic rings. The molecule has 0 radical (unpaired) electrons. The Kier molecular flexibility index (Phi) is 4.90. The van der Waals surface area contributed by atoms with E-state index < -0.39 is 0 Å². The average molecular weight is 200 g/mol. The molecule has 2 unspecified atom stereocenters. The second kappa shape index (κ2) is 5.98. The van der Waals surface area contributed by atoms with Gasteiger partial charge >= 0.3 is 0 Å². The summed E-state index contributed by atoms with van der Waals surface area (Å²) >= 11 is 0. The Morgan fingerprint density at radius 3 is 2.93 bits per heavy atom. The summed E-state index contributed by atoms with van der Waals surface area (Å²) in [4.78, 5) is 11.3. The molecule has 1 heterocycles. The topological polar surface area (TPSA) is 50.4 Å². The molecule has 0 bridgehead atoms. The first kappa shape index (κ1) is 11.5. The summed E-state index contributed by atoms with van der Waals surface area (Å²) in [5, 5.41) is 5.90. The highest BCUT2D eigenvalue weighted by atomic mass is 16.5. The number of ether oxygens (including phenoxy) is 1. The van der Waals surface area contributed by atoms with Gasteiger partial charge in [-0.25, -0.2) is 0 Å². The number of carbonyl (C=O) groups is 1. The van der Waals surface area contributed by atoms with Gasteiger partial charge in [0.2, 0.25) is 5.91 Å². The van der Waals surface area contributed by atoms with Gasteiger partial charge in [-0.3, -0.25) is 4.79 Å². The zero-order chi connectivity index (χ0) is 10.4. The molecule has 1 amide bonds. The predicted molar refractivity (Wildman–Crippen MR) is 55.1 cm³/mol. The van der Waals surface area contributed by atoms with E-state index in [1.54, 1.807) is 0 Å². The summed E-state index contributed by atoms with van der Waals surface area (Å²) in [6, 6.07) is 0. The van der Waals surface area contributed by atoms with Crippen LogP contribution in [0.15, 0.2) is 0 Å². The van der Waals surface area contributed by atoms with Crippen molar-refractivity contribution in [3.63, 3.8) is 0 Å². The van der Waals surface area contributed by atoms with Crippen LogP contribution in [0, 0.1) is 5.92 Å². The largest absolute Gasteiger partial charge is 0.378 e. The monoisotopic (exact) mass is 200 g/mol. The number of rotatable bonds is 5. The lowest BCUT2D eigenvalue weighted by molar-refractivity contribution is -0.120. The van der Waals surface area contributed by atoms with Crippen molar-refractivity contribution in [2.45, 2.75) is 26.4 Å². The van der Waals surface area contributed by atoms with Crippen LogP contribution in [0.25, 0.3) is 0 Å². The fraction of sp³-hybridized carbons (Fsp3) is 0.900. The van der Waals surface area contributed by atoms with Crippen LogP contribution >= 0.6 is 0 Å². The van der Waals surface area contributed by atoms with Gasteiger partial charge < -0.3 is 15.4 Å². The van der Waals surface area contributed by atoms with Crippen molar-refractivity contribution in [2.75, 3.05) is 26.2 Å². The van der Waals surface area contributed by atoms with E-state index in [1.165, 1.54) is 0 Å². The first-order chi connectivity index (χ1) is 6.74. The maximum atomic E-state index is 11.3. The lowest BCUT2D eigenvalue weighted by atomic mass is 10.0. The fourth-order valence-electron chi connectivity index (χ4n) is 1.59. The number of nitrogens with one attached hydrogen (secondary N) is 2. The molecule has 0 saturated carbocycles. The van der Waals surface area contributed by atoms with Crippen LogP contribution in [0.3, 0.4) is 0 Å². The van der Waals surface area contributed by atoms with Crippen molar-refractivity contribution in [1.29, 1.82) is 0 Å². The normalized spacial score (nSPS) is 26.4. The van der Waals surface area contributed by atoms with Gasteiger partial charge in [0.25, 0.3) is 0 Å². The predicted octanol–water partition coefficient (Wildman–Crippen LogP) is 0.137. The van der Waals surface area contributed by atoms with Gasteiger partial charge in [0.15, 0.2) is 0 Å². The van der Waals surface area contributed by atoms with E-state index in [9.17, 15) is 4.79 Å². The molecule has 0 aliphatic carbocycles. The zero-order valence-corrected chi connectivity index (χ0v) is 9.01. The summed E-state index contributed by atoms with van der Waals surface area (Å²) < 4.78 is 5.41. The zero-order valence-electron chi connectivity index (χ0n) is 9.01. The minimum atomic E-state index is 0.0750. The van der Waals surface area contributed by atoms with Crippen molar-refractivity contribution in [3.8, 4) is 0 Å². The van der Waals surface area contributed by atoms with E-state index in [-0.39, 0.29) is 12.0 Å².